The van der Waals surface area contributed by atoms with E-state index in [0.29, 0.717) is 16.7 Å². The van der Waals surface area contributed by atoms with E-state index >= 15 is 0 Å². The predicted molar refractivity (Wildman–Crippen MR) is 116 cm³/mol. The van der Waals surface area contributed by atoms with Crippen molar-refractivity contribution >= 4 is 17.3 Å². The van der Waals surface area contributed by atoms with Crippen LogP contribution >= 0.6 is 0 Å². The lowest BCUT2D eigenvalue weighted by Gasteiger charge is -2.13. The van der Waals surface area contributed by atoms with E-state index in [1.807, 2.05) is 18.2 Å². The van der Waals surface area contributed by atoms with Gasteiger partial charge in [0, 0.05) is 33.4 Å². The van der Waals surface area contributed by atoms with Crippen molar-refractivity contribution in [1.82, 2.24) is 0 Å². The van der Waals surface area contributed by atoms with Gasteiger partial charge in [-0.25, -0.2) is 0 Å². The summed E-state index contributed by atoms with van der Waals surface area (Å²) >= 11 is 0. The van der Waals surface area contributed by atoms with Crippen LogP contribution in [0.25, 0.3) is 0 Å². The normalized spacial score (nSPS) is 10.4. The molecule has 0 aliphatic rings. The fourth-order valence-electron chi connectivity index (χ4n) is 3.40. The smallest absolute Gasteiger partial charge is 0.194 e. The molecule has 4 aromatic carbocycles. The van der Waals surface area contributed by atoms with Gasteiger partial charge in [-0.2, -0.15) is 0 Å². The predicted octanol–water partition coefficient (Wildman–Crippen LogP) is 5.38. The molecule has 0 saturated carbocycles. The van der Waals surface area contributed by atoms with Crippen molar-refractivity contribution in [3.8, 4) is 0 Å². The lowest BCUT2D eigenvalue weighted by molar-refractivity contribution is 0.0991. The van der Waals surface area contributed by atoms with Gasteiger partial charge in [0.2, 0.25) is 0 Å². The molecule has 0 radical (unpaired) electrons. The Labute approximate surface area is 174 Å². The minimum Gasteiger partial charge on any atom is -0.289 e. The maximum Gasteiger partial charge on any atom is 0.194 e. The average molecular weight is 390 g/mol. The first-order valence-electron chi connectivity index (χ1n) is 9.59. The second-order valence-electron chi connectivity index (χ2n) is 6.81. The highest BCUT2D eigenvalue weighted by atomic mass is 16.1. The van der Waals surface area contributed by atoms with Crippen LogP contribution in [0.2, 0.25) is 0 Å². The summed E-state index contributed by atoms with van der Waals surface area (Å²) in [6.07, 6.45) is 0. The van der Waals surface area contributed by atoms with Crippen molar-refractivity contribution in [2.24, 2.45) is 0 Å². The molecule has 4 rings (SSSR count). The largest absolute Gasteiger partial charge is 0.289 e. The van der Waals surface area contributed by atoms with Crippen LogP contribution in [0.5, 0.6) is 0 Å². The van der Waals surface area contributed by atoms with Crippen molar-refractivity contribution in [2.75, 3.05) is 0 Å². The third-order valence-corrected chi connectivity index (χ3v) is 4.89. The molecule has 0 unspecified atom stereocenters. The Balaban J connectivity index is 1.92. The maximum absolute atomic E-state index is 13.5. The Bertz CT molecular complexity index is 1140. The number of rotatable bonds is 6. The SMILES string of the molecule is O=C(c1ccccc1)c1cccc(C(=O)c2ccccc2)c1C(=O)c1ccccc1. The van der Waals surface area contributed by atoms with Gasteiger partial charge in [0.25, 0.3) is 0 Å². The number of ketones is 3. The van der Waals surface area contributed by atoms with Gasteiger partial charge in [0.15, 0.2) is 17.3 Å². The summed E-state index contributed by atoms with van der Waals surface area (Å²) in [5.74, 6) is -0.940. The Morgan fingerprint density at radius 1 is 0.367 bits per heavy atom. The summed E-state index contributed by atoms with van der Waals surface area (Å²) in [4.78, 5) is 40.0. The molecule has 0 saturated heterocycles. The van der Waals surface area contributed by atoms with Crippen LogP contribution in [0.1, 0.15) is 47.8 Å². The Morgan fingerprint density at radius 3 is 1.07 bits per heavy atom. The van der Waals surface area contributed by atoms with Crippen molar-refractivity contribution in [3.63, 3.8) is 0 Å². The zero-order valence-corrected chi connectivity index (χ0v) is 16.1. The van der Waals surface area contributed by atoms with Gasteiger partial charge in [-0.3, -0.25) is 14.4 Å². The second kappa shape index (κ2) is 8.50. The quantitative estimate of drug-likeness (QED) is 0.415. The van der Waals surface area contributed by atoms with Crippen molar-refractivity contribution in [1.29, 1.82) is 0 Å². The van der Waals surface area contributed by atoms with E-state index in [9.17, 15) is 14.4 Å². The highest BCUT2D eigenvalue weighted by Crippen LogP contribution is 2.24. The Kier molecular flexibility index (Phi) is 5.44. The molecule has 0 bridgehead atoms. The molecule has 0 aromatic heterocycles. The molecule has 0 N–H and O–H groups in total. The number of hydrogen-bond acceptors (Lipinski definition) is 3. The number of carbonyl (C=O) groups excluding carboxylic acids is 3. The molecule has 0 fully saturated rings. The summed E-state index contributed by atoms with van der Waals surface area (Å²) in [6, 6.07) is 31.1. The molecule has 0 heterocycles. The van der Waals surface area contributed by atoms with Crippen molar-refractivity contribution in [3.05, 3.63) is 143 Å². The van der Waals surface area contributed by atoms with E-state index in [1.165, 1.54) is 0 Å². The standard InChI is InChI=1S/C27H18O3/c28-25(19-11-4-1-5-12-19)22-17-10-18-23(26(29)20-13-6-2-7-14-20)24(22)27(30)21-15-8-3-9-16-21/h1-18H. The molecular weight excluding hydrogens is 372 g/mol. The lowest BCUT2D eigenvalue weighted by atomic mass is 9.87. The van der Waals surface area contributed by atoms with Gasteiger partial charge in [-0.05, 0) is 0 Å². The first-order valence-corrected chi connectivity index (χ1v) is 9.59. The zero-order valence-electron chi connectivity index (χ0n) is 16.1. The third kappa shape index (κ3) is 3.74. The van der Waals surface area contributed by atoms with E-state index in [-0.39, 0.29) is 34.0 Å². The van der Waals surface area contributed by atoms with Crippen LogP contribution in [0.4, 0.5) is 0 Å². The molecule has 0 spiro atoms. The summed E-state index contributed by atoms with van der Waals surface area (Å²) in [7, 11) is 0. The van der Waals surface area contributed by atoms with E-state index in [2.05, 4.69) is 0 Å². The van der Waals surface area contributed by atoms with Crippen molar-refractivity contribution in [2.45, 2.75) is 0 Å². The molecule has 144 valence electrons. The first kappa shape index (κ1) is 19.2. The molecular formula is C27H18O3. The fraction of sp³-hybridized carbons (Fsp3) is 0. The molecule has 0 amide bonds. The van der Waals surface area contributed by atoms with E-state index < -0.39 is 0 Å². The molecule has 3 nitrogen and oxygen atoms in total. The summed E-state index contributed by atoms with van der Waals surface area (Å²) in [5, 5.41) is 0. The zero-order chi connectivity index (χ0) is 20.9. The second-order valence-corrected chi connectivity index (χ2v) is 6.81. The fourth-order valence-corrected chi connectivity index (χ4v) is 3.40. The van der Waals surface area contributed by atoms with Crippen LogP contribution in [0.15, 0.2) is 109 Å². The highest BCUT2D eigenvalue weighted by molar-refractivity contribution is 6.25. The summed E-state index contributed by atoms with van der Waals surface area (Å²) < 4.78 is 0. The van der Waals surface area contributed by atoms with Crippen LogP contribution in [0, 0.1) is 0 Å². The van der Waals surface area contributed by atoms with Crippen LogP contribution in [-0.4, -0.2) is 17.3 Å². The highest BCUT2D eigenvalue weighted by Gasteiger charge is 2.26. The monoisotopic (exact) mass is 390 g/mol. The summed E-state index contributed by atoms with van der Waals surface area (Å²) in [5.41, 5.74) is 1.92. The lowest BCUT2D eigenvalue weighted by Crippen LogP contribution is -2.17. The maximum atomic E-state index is 13.5. The van der Waals surface area contributed by atoms with Crippen molar-refractivity contribution < 1.29 is 14.4 Å². The van der Waals surface area contributed by atoms with Crippen LogP contribution in [0.3, 0.4) is 0 Å². The van der Waals surface area contributed by atoms with E-state index in [1.54, 1.807) is 91.0 Å². The van der Waals surface area contributed by atoms with Gasteiger partial charge in [0.05, 0.1) is 0 Å². The molecule has 0 aliphatic carbocycles. The minimum atomic E-state index is -0.352. The van der Waals surface area contributed by atoms with Gasteiger partial charge in [-0.15, -0.1) is 0 Å². The van der Waals surface area contributed by atoms with Gasteiger partial charge in [-0.1, -0.05) is 109 Å². The summed E-state index contributed by atoms with van der Waals surface area (Å²) in [6.45, 7) is 0. The van der Waals surface area contributed by atoms with Gasteiger partial charge in [0.1, 0.15) is 0 Å². The van der Waals surface area contributed by atoms with Crippen LogP contribution in [-0.2, 0) is 0 Å². The molecule has 4 aromatic rings. The molecule has 30 heavy (non-hydrogen) atoms. The molecule has 3 heteroatoms. The van der Waals surface area contributed by atoms with Gasteiger partial charge >= 0.3 is 0 Å². The molecule has 0 atom stereocenters. The van der Waals surface area contributed by atoms with E-state index in [0.717, 1.165) is 0 Å². The topological polar surface area (TPSA) is 51.2 Å². The third-order valence-electron chi connectivity index (χ3n) is 4.89. The first-order chi connectivity index (χ1) is 14.7. The number of hydrogen-bond donors (Lipinski definition) is 0. The number of carbonyl (C=O) groups is 3. The average Bonchev–Trinajstić information content (AvgIpc) is 2.84. The van der Waals surface area contributed by atoms with E-state index in [4.69, 9.17) is 0 Å². The number of benzene rings is 4. The molecule has 0 aliphatic heterocycles. The van der Waals surface area contributed by atoms with Crippen LogP contribution < -0.4 is 0 Å². The Morgan fingerprint density at radius 2 is 0.700 bits per heavy atom. The van der Waals surface area contributed by atoms with Gasteiger partial charge < -0.3 is 0 Å². The Hall–Kier alpha value is -4.11. The minimum absolute atomic E-state index is 0.131.